The van der Waals surface area contributed by atoms with E-state index in [0.717, 1.165) is 35.1 Å². The second kappa shape index (κ2) is 5.18. The lowest BCUT2D eigenvalue weighted by Crippen LogP contribution is -2.38. The van der Waals surface area contributed by atoms with Gasteiger partial charge in [-0.2, -0.15) is 5.26 Å². The molecule has 0 aliphatic carbocycles. The minimum atomic E-state index is -0.289. The molecule has 2 rings (SSSR count). The first-order valence-corrected chi connectivity index (χ1v) is 5.84. The van der Waals surface area contributed by atoms with Gasteiger partial charge in [0.1, 0.15) is 0 Å². The molecule has 1 aromatic rings. The molecule has 2 heterocycles. The number of nitrogens with zero attached hydrogens (tertiary/aromatic N) is 1. The number of hydrogen-bond acceptors (Lipinski definition) is 3. The molecule has 15 heavy (non-hydrogen) atoms. The van der Waals surface area contributed by atoms with Gasteiger partial charge >= 0.3 is 0 Å². The second-order valence-corrected chi connectivity index (χ2v) is 5.26. The van der Waals surface area contributed by atoms with E-state index in [-0.39, 0.29) is 17.8 Å². The summed E-state index contributed by atoms with van der Waals surface area (Å²) in [6, 6.07) is 6.32. The molecule has 0 amide bonds. The average Bonchev–Trinajstić information content (AvgIpc) is 2.66. The first kappa shape index (κ1) is 12.8. The fourth-order valence-corrected chi connectivity index (χ4v) is 3.08. The number of thiophene rings is 1. The van der Waals surface area contributed by atoms with Crippen LogP contribution < -0.4 is 5.32 Å². The van der Waals surface area contributed by atoms with Crippen LogP contribution in [-0.2, 0) is 5.41 Å². The van der Waals surface area contributed by atoms with Crippen LogP contribution in [-0.4, -0.2) is 13.1 Å². The van der Waals surface area contributed by atoms with E-state index < -0.39 is 0 Å². The number of nitriles is 1. The van der Waals surface area contributed by atoms with E-state index in [4.69, 9.17) is 11.6 Å². The largest absolute Gasteiger partial charge is 0.317 e. The molecule has 82 valence electrons. The lowest BCUT2D eigenvalue weighted by molar-refractivity contribution is 0.388. The fraction of sp³-hybridized carbons (Fsp3) is 0.500. The van der Waals surface area contributed by atoms with E-state index in [1.807, 2.05) is 12.1 Å². The summed E-state index contributed by atoms with van der Waals surface area (Å²) in [5.74, 6) is 0. The minimum absolute atomic E-state index is 0. The van der Waals surface area contributed by atoms with Gasteiger partial charge in [0.2, 0.25) is 0 Å². The van der Waals surface area contributed by atoms with Gasteiger partial charge in [-0.15, -0.1) is 23.7 Å². The van der Waals surface area contributed by atoms with Crippen molar-refractivity contribution in [2.24, 2.45) is 0 Å². The number of halogens is 2. The third-order valence-electron chi connectivity index (χ3n) is 2.72. The first-order valence-electron chi connectivity index (χ1n) is 4.65. The predicted octanol–water partition coefficient (Wildman–Crippen LogP) is 2.97. The molecule has 1 aliphatic rings. The zero-order valence-corrected chi connectivity index (χ0v) is 10.5. The van der Waals surface area contributed by atoms with Crippen molar-refractivity contribution in [3.8, 4) is 6.07 Å². The summed E-state index contributed by atoms with van der Waals surface area (Å²) in [5, 5.41) is 12.6. The summed E-state index contributed by atoms with van der Waals surface area (Å²) in [5.41, 5.74) is -0.289. The lowest BCUT2D eigenvalue weighted by atomic mass is 9.79. The zero-order valence-electron chi connectivity index (χ0n) is 8.12. The summed E-state index contributed by atoms with van der Waals surface area (Å²) < 4.78 is 0.771. The summed E-state index contributed by atoms with van der Waals surface area (Å²) in [7, 11) is 0. The predicted molar refractivity (Wildman–Crippen MR) is 66.0 cm³/mol. The molecule has 1 aliphatic heterocycles. The highest BCUT2D eigenvalue weighted by Gasteiger charge is 2.35. The molecule has 0 spiro atoms. The molecule has 0 radical (unpaired) electrons. The molecule has 1 N–H and O–H groups in total. The Morgan fingerprint density at radius 1 is 1.40 bits per heavy atom. The molecule has 0 saturated carbocycles. The molecule has 5 heteroatoms. The first-order chi connectivity index (χ1) is 6.77. The minimum Gasteiger partial charge on any atom is -0.317 e. The maximum absolute atomic E-state index is 9.29. The Balaban J connectivity index is 0.00000112. The van der Waals surface area contributed by atoms with E-state index in [1.165, 1.54) is 11.3 Å². The monoisotopic (exact) mass is 262 g/mol. The highest BCUT2D eigenvalue weighted by atomic mass is 35.5. The van der Waals surface area contributed by atoms with E-state index >= 15 is 0 Å². The molecule has 0 bridgehead atoms. The molecule has 1 aromatic heterocycles. The van der Waals surface area contributed by atoms with Crippen molar-refractivity contribution in [2.45, 2.75) is 18.3 Å². The van der Waals surface area contributed by atoms with Crippen molar-refractivity contribution < 1.29 is 0 Å². The summed E-state index contributed by atoms with van der Waals surface area (Å²) in [6.45, 7) is 1.84. The van der Waals surface area contributed by atoms with Crippen molar-refractivity contribution >= 4 is 35.3 Å². The molecule has 1 fully saturated rings. The quantitative estimate of drug-likeness (QED) is 0.845. The van der Waals surface area contributed by atoms with Gasteiger partial charge in [-0.05, 0) is 38.1 Å². The van der Waals surface area contributed by atoms with Gasteiger partial charge in [-0.1, -0.05) is 11.6 Å². The van der Waals surface area contributed by atoms with Crippen molar-refractivity contribution in [3.63, 3.8) is 0 Å². The van der Waals surface area contributed by atoms with Crippen LogP contribution in [0.5, 0.6) is 0 Å². The molecule has 0 unspecified atom stereocenters. The van der Waals surface area contributed by atoms with Gasteiger partial charge in [0.05, 0.1) is 15.8 Å². The Hall–Kier alpha value is -0.270. The molecule has 1 saturated heterocycles. The van der Waals surface area contributed by atoms with Crippen molar-refractivity contribution in [1.82, 2.24) is 5.32 Å². The standard InChI is InChI=1S/C10H11ClN2S.ClH/c11-9-2-1-8(14-9)10(7-12)3-5-13-6-4-10;/h1-2,13H,3-6H2;1H. The molecular weight excluding hydrogens is 251 g/mol. The Morgan fingerprint density at radius 3 is 2.53 bits per heavy atom. The van der Waals surface area contributed by atoms with E-state index in [1.54, 1.807) is 0 Å². The van der Waals surface area contributed by atoms with E-state index in [0.29, 0.717) is 0 Å². The van der Waals surface area contributed by atoms with Gasteiger partial charge in [-0.25, -0.2) is 0 Å². The SMILES string of the molecule is Cl.N#CC1(c2ccc(Cl)s2)CCNCC1. The van der Waals surface area contributed by atoms with Crippen LogP contribution in [0.1, 0.15) is 17.7 Å². The van der Waals surface area contributed by atoms with Gasteiger partial charge in [0.25, 0.3) is 0 Å². The fourth-order valence-electron chi connectivity index (χ4n) is 1.84. The van der Waals surface area contributed by atoms with Crippen LogP contribution >= 0.6 is 35.3 Å². The summed E-state index contributed by atoms with van der Waals surface area (Å²) in [6.07, 6.45) is 1.78. The third kappa shape index (κ3) is 2.46. The Kier molecular flexibility index (Phi) is 4.42. The maximum atomic E-state index is 9.29. The van der Waals surface area contributed by atoms with Crippen LogP contribution in [0.15, 0.2) is 12.1 Å². The molecule has 2 nitrogen and oxygen atoms in total. The van der Waals surface area contributed by atoms with Crippen molar-refractivity contribution in [3.05, 3.63) is 21.3 Å². The van der Waals surface area contributed by atoms with Crippen LogP contribution in [0, 0.1) is 11.3 Å². The van der Waals surface area contributed by atoms with E-state index in [2.05, 4.69) is 11.4 Å². The van der Waals surface area contributed by atoms with Gasteiger partial charge in [0, 0.05) is 4.88 Å². The number of nitrogens with one attached hydrogen (secondary N) is 1. The van der Waals surface area contributed by atoms with E-state index in [9.17, 15) is 5.26 Å². The summed E-state index contributed by atoms with van der Waals surface area (Å²) >= 11 is 7.42. The van der Waals surface area contributed by atoms with Crippen LogP contribution in [0.4, 0.5) is 0 Å². The Labute approximate surface area is 105 Å². The molecule has 0 aromatic carbocycles. The third-order valence-corrected chi connectivity index (χ3v) is 4.15. The highest BCUT2D eigenvalue weighted by Crippen LogP contribution is 2.38. The number of rotatable bonds is 1. The normalized spacial score (nSPS) is 18.9. The summed E-state index contributed by atoms with van der Waals surface area (Å²) in [4.78, 5) is 1.12. The highest BCUT2D eigenvalue weighted by molar-refractivity contribution is 7.16. The van der Waals surface area contributed by atoms with Gasteiger partial charge in [0.15, 0.2) is 0 Å². The average molecular weight is 263 g/mol. The topological polar surface area (TPSA) is 35.8 Å². The number of hydrogen-bond donors (Lipinski definition) is 1. The van der Waals surface area contributed by atoms with Crippen LogP contribution in [0.3, 0.4) is 0 Å². The van der Waals surface area contributed by atoms with Crippen LogP contribution in [0.2, 0.25) is 4.34 Å². The maximum Gasteiger partial charge on any atom is 0.0939 e. The Morgan fingerprint density at radius 2 is 2.07 bits per heavy atom. The van der Waals surface area contributed by atoms with Crippen molar-refractivity contribution in [2.75, 3.05) is 13.1 Å². The van der Waals surface area contributed by atoms with Crippen molar-refractivity contribution in [1.29, 1.82) is 5.26 Å². The van der Waals surface area contributed by atoms with Crippen LogP contribution in [0.25, 0.3) is 0 Å². The molecular formula is C10H12Cl2N2S. The lowest BCUT2D eigenvalue weighted by Gasteiger charge is -2.30. The zero-order chi connectivity index (χ0) is 10.0. The number of piperidine rings is 1. The van der Waals surface area contributed by atoms with Gasteiger partial charge in [-0.3, -0.25) is 0 Å². The smallest absolute Gasteiger partial charge is 0.0939 e. The Bertz CT molecular complexity index is 364. The second-order valence-electron chi connectivity index (χ2n) is 3.55. The molecule has 0 atom stereocenters. The van der Waals surface area contributed by atoms with Gasteiger partial charge < -0.3 is 5.32 Å².